The fourth-order valence-electron chi connectivity index (χ4n) is 8.21. The number of amides is 2. The first kappa shape index (κ1) is 24.5. The van der Waals surface area contributed by atoms with Gasteiger partial charge in [0.05, 0.1) is 30.3 Å². The van der Waals surface area contributed by atoms with Crippen LogP contribution in [0, 0.1) is 23.7 Å². The Balaban J connectivity index is 1.35. The van der Waals surface area contributed by atoms with Crippen LogP contribution in [0.4, 0.5) is 0 Å². The molecular weight excluding hydrogens is 434 g/mol. The zero-order valence-corrected chi connectivity index (χ0v) is 21.4. The standard InChI is InChI=1S/C26H43N3O5/c1-13(2)28-25(30)14(3)34-15-6-8-19-18(12-15)16-10-11-27-22-17-7-9-20(32-4)24(33-5)21(17)26(31)29(19)23(16)22/h13-24,27H,6-12H2,1-5H3,(H,28,30). The summed E-state index contributed by atoms with van der Waals surface area (Å²) in [5.41, 5.74) is 0. The molecule has 0 radical (unpaired) electrons. The van der Waals surface area contributed by atoms with Gasteiger partial charge in [-0.15, -0.1) is 0 Å². The van der Waals surface area contributed by atoms with Gasteiger partial charge in [0.25, 0.3) is 0 Å². The summed E-state index contributed by atoms with van der Waals surface area (Å²) in [4.78, 5) is 28.8. The molecule has 2 amide bonds. The highest BCUT2D eigenvalue weighted by Gasteiger charge is 2.64. The van der Waals surface area contributed by atoms with Crippen LogP contribution in [0.3, 0.4) is 0 Å². The second-order valence-corrected chi connectivity index (χ2v) is 11.5. The molecule has 5 rings (SSSR count). The highest BCUT2D eigenvalue weighted by atomic mass is 16.5. The molecule has 192 valence electrons. The summed E-state index contributed by atoms with van der Waals surface area (Å²) in [6.07, 6.45) is 5.25. The van der Waals surface area contributed by atoms with Gasteiger partial charge >= 0.3 is 0 Å². The number of hydrogen-bond donors (Lipinski definition) is 2. The Morgan fingerprint density at radius 3 is 2.53 bits per heavy atom. The smallest absolute Gasteiger partial charge is 0.249 e. The van der Waals surface area contributed by atoms with Crippen LogP contribution in [0.5, 0.6) is 0 Å². The summed E-state index contributed by atoms with van der Waals surface area (Å²) in [6.45, 7) is 6.79. The molecule has 3 heterocycles. The number of methoxy groups -OCH3 is 2. The minimum Gasteiger partial charge on any atom is -0.379 e. The van der Waals surface area contributed by atoms with E-state index in [0.717, 1.165) is 45.1 Å². The molecular formula is C26H43N3O5. The van der Waals surface area contributed by atoms with E-state index in [2.05, 4.69) is 15.5 Å². The number of nitrogens with one attached hydrogen (secondary N) is 2. The number of nitrogens with zero attached hydrogens (tertiary/aromatic N) is 1. The summed E-state index contributed by atoms with van der Waals surface area (Å²) in [7, 11) is 3.46. The number of piperidine rings is 2. The molecule has 2 N–H and O–H groups in total. The first-order valence-electron chi connectivity index (χ1n) is 13.4. The second kappa shape index (κ2) is 9.68. The Hall–Kier alpha value is -1.22. The molecule has 0 bridgehead atoms. The van der Waals surface area contributed by atoms with Crippen molar-refractivity contribution in [2.75, 3.05) is 20.8 Å². The van der Waals surface area contributed by atoms with Crippen molar-refractivity contribution in [1.29, 1.82) is 0 Å². The normalized spacial score (nSPS) is 44.3. The van der Waals surface area contributed by atoms with Crippen molar-refractivity contribution in [2.45, 2.75) is 108 Å². The molecule has 11 atom stereocenters. The molecule has 0 aromatic carbocycles. The fraction of sp³-hybridized carbons (Fsp3) is 0.923. The zero-order valence-electron chi connectivity index (χ0n) is 21.4. The maximum atomic E-state index is 14.1. The Kier molecular flexibility index (Phi) is 6.97. The van der Waals surface area contributed by atoms with Gasteiger partial charge in [0.1, 0.15) is 6.10 Å². The number of carbonyl (C=O) groups is 2. The van der Waals surface area contributed by atoms with Crippen molar-refractivity contribution in [2.24, 2.45) is 23.7 Å². The SMILES string of the molecule is COC1CCC2C3NCCC4C5CC(OC(C)C(=O)NC(C)C)CCC5N(C(=O)C2C1OC)C43. The predicted octanol–water partition coefficient (Wildman–Crippen LogP) is 1.71. The molecule has 3 saturated heterocycles. The lowest BCUT2D eigenvalue weighted by Gasteiger charge is -2.55. The van der Waals surface area contributed by atoms with E-state index >= 15 is 0 Å². The molecule has 0 spiro atoms. The van der Waals surface area contributed by atoms with Gasteiger partial charge in [-0.3, -0.25) is 9.59 Å². The minimum absolute atomic E-state index is 0.0212. The number of ether oxygens (including phenoxy) is 3. The van der Waals surface area contributed by atoms with Gasteiger partial charge in [0.15, 0.2) is 0 Å². The lowest BCUT2D eigenvalue weighted by Crippen LogP contribution is -2.70. The molecule has 0 aromatic rings. The summed E-state index contributed by atoms with van der Waals surface area (Å²) in [5, 5.41) is 6.79. The summed E-state index contributed by atoms with van der Waals surface area (Å²) < 4.78 is 17.9. The second-order valence-electron chi connectivity index (χ2n) is 11.5. The van der Waals surface area contributed by atoms with E-state index in [9.17, 15) is 9.59 Å². The third kappa shape index (κ3) is 3.98. The third-order valence-corrected chi connectivity index (χ3v) is 9.45. The average molecular weight is 478 g/mol. The van der Waals surface area contributed by atoms with E-state index in [1.165, 1.54) is 0 Å². The summed E-state index contributed by atoms with van der Waals surface area (Å²) >= 11 is 0. The van der Waals surface area contributed by atoms with Crippen molar-refractivity contribution >= 4 is 11.8 Å². The van der Waals surface area contributed by atoms with Gasteiger partial charge in [-0.05, 0) is 83.6 Å². The number of hydrogen-bond acceptors (Lipinski definition) is 6. The van der Waals surface area contributed by atoms with E-state index < -0.39 is 6.10 Å². The van der Waals surface area contributed by atoms with E-state index in [1.54, 1.807) is 14.2 Å². The van der Waals surface area contributed by atoms with Crippen LogP contribution in [0.25, 0.3) is 0 Å². The largest absolute Gasteiger partial charge is 0.379 e. The highest BCUT2D eigenvalue weighted by molar-refractivity contribution is 5.83. The monoisotopic (exact) mass is 477 g/mol. The van der Waals surface area contributed by atoms with Gasteiger partial charge in [-0.25, -0.2) is 0 Å². The van der Waals surface area contributed by atoms with Crippen LogP contribution >= 0.6 is 0 Å². The highest BCUT2D eigenvalue weighted by Crippen LogP contribution is 2.54. The molecule has 3 aliphatic heterocycles. The van der Waals surface area contributed by atoms with Crippen molar-refractivity contribution in [1.82, 2.24) is 15.5 Å². The molecule has 2 aliphatic carbocycles. The Morgan fingerprint density at radius 1 is 1.03 bits per heavy atom. The van der Waals surface area contributed by atoms with Crippen LogP contribution in [0.15, 0.2) is 0 Å². The first-order valence-corrected chi connectivity index (χ1v) is 13.4. The summed E-state index contributed by atoms with van der Waals surface area (Å²) in [6, 6.07) is 0.980. The van der Waals surface area contributed by atoms with Crippen molar-refractivity contribution in [3.05, 3.63) is 0 Å². The zero-order chi connectivity index (χ0) is 24.1. The quantitative estimate of drug-likeness (QED) is 0.606. The van der Waals surface area contributed by atoms with Gasteiger partial charge in [0.2, 0.25) is 11.8 Å². The molecule has 5 aliphatic rings. The molecule has 2 saturated carbocycles. The number of fused-ring (bicyclic) bond motifs is 5. The van der Waals surface area contributed by atoms with Gasteiger partial charge in [-0.2, -0.15) is 0 Å². The van der Waals surface area contributed by atoms with Crippen LogP contribution < -0.4 is 10.6 Å². The van der Waals surface area contributed by atoms with Crippen LogP contribution in [-0.4, -0.2) is 86.1 Å². The van der Waals surface area contributed by atoms with E-state index in [0.29, 0.717) is 23.8 Å². The van der Waals surface area contributed by atoms with E-state index in [4.69, 9.17) is 14.2 Å². The topological polar surface area (TPSA) is 89.1 Å². The minimum atomic E-state index is -0.452. The molecule has 8 nitrogen and oxygen atoms in total. The average Bonchev–Trinajstić information content (AvgIpc) is 3.15. The molecule has 8 heteroatoms. The van der Waals surface area contributed by atoms with Crippen molar-refractivity contribution in [3.8, 4) is 0 Å². The van der Waals surface area contributed by atoms with Crippen LogP contribution in [-0.2, 0) is 23.8 Å². The maximum absolute atomic E-state index is 14.1. The molecule has 34 heavy (non-hydrogen) atoms. The Bertz CT molecular complexity index is 778. The molecule has 11 unspecified atom stereocenters. The number of carbonyl (C=O) groups excluding carboxylic acids is 2. The van der Waals surface area contributed by atoms with Gasteiger partial charge < -0.3 is 29.7 Å². The van der Waals surface area contributed by atoms with E-state index in [-0.39, 0.29) is 54.2 Å². The molecule has 5 fully saturated rings. The fourth-order valence-corrected chi connectivity index (χ4v) is 8.21. The first-order chi connectivity index (χ1) is 16.3. The van der Waals surface area contributed by atoms with Crippen molar-refractivity contribution < 1.29 is 23.8 Å². The van der Waals surface area contributed by atoms with Gasteiger partial charge in [0, 0.05) is 32.3 Å². The third-order valence-electron chi connectivity index (χ3n) is 9.45. The maximum Gasteiger partial charge on any atom is 0.249 e. The van der Waals surface area contributed by atoms with Crippen LogP contribution in [0.1, 0.15) is 59.3 Å². The van der Waals surface area contributed by atoms with Crippen molar-refractivity contribution in [3.63, 3.8) is 0 Å². The lowest BCUT2D eigenvalue weighted by molar-refractivity contribution is -0.175. The Labute approximate surface area is 203 Å². The van der Waals surface area contributed by atoms with Crippen LogP contribution in [0.2, 0.25) is 0 Å². The molecule has 0 aromatic heterocycles. The van der Waals surface area contributed by atoms with Gasteiger partial charge in [-0.1, -0.05) is 0 Å². The number of rotatable bonds is 6. The van der Waals surface area contributed by atoms with E-state index in [1.807, 2.05) is 20.8 Å². The lowest BCUT2D eigenvalue weighted by atomic mass is 9.64. The summed E-state index contributed by atoms with van der Waals surface area (Å²) in [5.74, 6) is 1.36. The Morgan fingerprint density at radius 2 is 1.82 bits per heavy atom. The predicted molar refractivity (Wildman–Crippen MR) is 127 cm³/mol.